The minimum absolute atomic E-state index is 0.249. The van der Waals surface area contributed by atoms with E-state index in [0.29, 0.717) is 6.61 Å². The van der Waals surface area contributed by atoms with Gasteiger partial charge in [0.2, 0.25) is 0 Å². The zero-order valence-corrected chi connectivity index (χ0v) is 13.2. The molecule has 0 saturated carbocycles. The first-order valence-electron chi connectivity index (χ1n) is 7.57. The van der Waals surface area contributed by atoms with Crippen LogP contribution < -0.4 is 10.5 Å². The summed E-state index contributed by atoms with van der Waals surface area (Å²) in [7, 11) is 1.95. The first-order valence-corrected chi connectivity index (χ1v) is 7.57. The van der Waals surface area contributed by atoms with Gasteiger partial charge in [0.05, 0.1) is 11.4 Å². The molecule has 1 atom stereocenters. The maximum absolute atomic E-state index is 5.83. The van der Waals surface area contributed by atoms with Gasteiger partial charge in [-0.2, -0.15) is 5.10 Å². The molecule has 21 heavy (non-hydrogen) atoms. The summed E-state index contributed by atoms with van der Waals surface area (Å²) in [6.07, 6.45) is 2.97. The smallest absolute Gasteiger partial charge is 0.130 e. The fourth-order valence-corrected chi connectivity index (χ4v) is 2.18. The summed E-state index contributed by atoms with van der Waals surface area (Å²) in [6, 6.07) is 10.6. The summed E-state index contributed by atoms with van der Waals surface area (Å²) < 4.78 is 7.71. The fraction of sp³-hybridized carbons (Fsp3) is 0.471. The second-order valence-corrected chi connectivity index (χ2v) is 5.55. The molecular weight excluding hydrogens is 262 g/mol. The summed E-state index contributed by atoms with van der Waals surface area (Å²) in [4.78, 5) is 0. The molecule has 0 aliphatic heterocycles. The molecule has 1 heterocycles. The van der Waals surface area contributed by atoms with Gasteiger partial charge in [-0.25, -0.2) is 0 Å². The molecule has 0 saturated heterocycles. The van der Waals surface area contributed by atoms with E-state index >= 15 is 0 Å². The van der Waals surface area contributed by atoms with Gasteiger partial charge in [0, 0.05) is 13.1 Å². The van der Waals surface area contributed by atoms with Crippen molar-refractivity contribution in [3.63, 3.8) is 0 Å². The van der Waals surface area contributed by atoms with E-state index in [1.54, 1.807) is 0 Å². The number of aromatic nitrogens is 2. The molecule has 1 aromatic carbocycles. The molecule has 2 rings (SSSR count). The Balaban J connectivity index is 1.89. The van der Waals surface area contributed by atoms with Crippen LogP contribution in [0.5, 0.6) is 5.75 Å². The normalized spacial score (nSPS) is 12.4. The highest BCUT2D eigenvalue weighted by atomic mass is 16.5. The SMILES string of the molecule is CCc1cc(COc2ccc(CCC(C)N)cc2)n(C)n1. The van der Waals surface area contributed by atoms with E-state index in [4.69, 9.17) is 10.5 Å². The quantitative estimate of drug-likeness (QED) is 0.852. The minimum Gasteiger partial charge on any atom is -0.487 e. The molecule has 1 unspecified atom stereocenters. The molecule has 0 aliphatic rings. The van der Waals surface area contributed by atoms with Crippen molar-refractivity contribution in [3.8, 4) is 5.75 Å². The van der Waals surface area contributed by atoms with Crippen LogP contribution in [0.4, 0.5) is 0 Å². The molecule has 114 valence electrons. The fourth-order valence-electron chi connectivity index (χ4n) is 2.18. The third-order valence-corrected chi connectivity index (χ3v) is 3.59. The average molecular weight is 287 g/mol. The van der Waals surface area contributed by atoms with Gasteiger partial charge in [0.25, 0.3) is 0 Å². The molecule has 0 spiro atoms. The lowest BCUT2D eigenvalue weighted by molar-refractivity contribution is 0.295. The number of rotatable bonds is 7. The summed E-state index contributed by atoms with van der Waals surface area (Å²) in [5.41, 5.74) is 9.27. The van der Waals surface area contributed by atoms with Gasteiger partial charge in [0.15, 0.2) is 0 Å². The van der Waals surface area contributed by atoms with E-state index in [2.05, 4.69) is 30.2 Å². The first-order chi connectivity index (χ1) is 10.1. The van der Waals surface area contributed by atoms with E-state index in [1.807, 2.05) is 30.8 Å². The number of hydrogen-bond donors (Lipinski definition) is 1. The summed E-state index contributed by atoms with van der Waals surface area (Å²) in [5.74, 6) is 0.888. The van der Waals surface area contributed by atoms with Gasteiger partial charge < -0.3 is 10.5 Å². The third kappa shape index (κ3) is 4.60. The molecule has 1 aromatic heterocycles. The second-order valence-electron chi connectivity index (χ2n) is 5.55. The van der Waals surface area contributed by atoms with Crippen molar-refractivity contribution >= 4 is 0 Å². The summed E-state index contributed by atoms with van der Waals surface area (Å²) in [5, 5.41) is 4.42. The summed E-state index contributed by atoms with van der Waals surface area (Å²) >= 11 is 0. The Morgan fingerprint density at radius 3 is 2.57 bits per heavy atom. The van der Waals surface area contributed by atoms with Gasteiger partial charge >= 0.3 is 0 Å². The summed E-state index contributed by atoms with van der Waals surface area (Å²) in [6.45, 7) is 4.69. The number of ether oxygens (including phenoxy) is 1. The van der Waals surface area contributed by atoms with E-state index in [1.165, 1.54) is 5.56 Å². The van der Waals surface area contributed by atoms with Gasteiger partial charge in [0.1, 0.15) is 12.4 Å². The Morgan fingerprint density at radius 1 is 1.29 bits per heavy atom. The lowest BCUT2D eigenvalue weighted by Gasteiger charge is -2.08. The number of nitrogens with zero attached hydrogens (tertiary/aromatic N) is 2. The van der Waals surface area contributed by atoms with Crippen molar-refractivity contribution < 1.29 is 4.74 Å². The second kappa shape index (κ2) is 7.27. The predicted molar refractivity (Wildman–Crippen MR) is 85.3 cm³/mol. The highest BCUT2D eigenvalue weighted by Crippen LogP contribution is 2.16. The molecule has 0 bridgehead atoms. The minimum atomic E-state index is 0.249. The standard InChI is InChI=1S/C17H25N3O/c1-4-15-11-16(20(3)19-15)12-21-17-9-7-14(8-10-17)6-5-13(2)18/h7-11,13H,4-6,12,18H2,1-3H3. The van der Waals surface area contributed by atoms with E-state index in [-0.39, 0.29) is 6.04 Å². The van der Waals surface area contributed by atoms with Crippen LogP contribution in [0.1, 0.15) is 37.2 Å². The number of aryl methyl sites for hydroxylation is 3. The highest BCUT2D eigenvalue weighted by molar-refractivity contribution is 5.27. The lowest BCUT2D eigenvalue weighted by Crippen LogP contribution is -2.15. The van der Waals surface area contributed by atoms with Gasteiger partial charge in [-0.1, -0.05) is 19.1 Å². The van der Waals surface area contributed by atoms with Crippen molar-refractivity contribution in [2.45, 2.75) is 45.8 Å². The molecule has 0 amide bonds. The van der Waals surface area contributed by atoms with Gasteiger partial charge in [-0.05, 0) is 49.9 Å². The Bertz CT molecular complexity index is 558. The van der Waals surface area contributed by atoms with Gasteiger partial charge in [-0.15, -0.1) is 0 Å². The Morgan fingerprint density at radius 2 is 2.00 bits per heavy atom. The zero-order chi connectivity index (χ0) is 15.2. The van der Waals surface area contributed by atoms with Crippen molar-refractivity contribution in [1.82, 2.24) is 9.78 Å². The van der Waals surface area contributed by atoms with Crippen LogP contribution in [0, 0.1) is 0 Å². The molecule has 2 aromatic rings. The maximum Gasteiger partial charge on any atom is 0.130 e. The van der Waals surface area contributed by atoms with Crippen LogP contribution >= 0.6 is 0 Å². The molecule has 0 aliphatic carbocycles. The Labute approximate surface area is 126 Å². The van der Waals surface area contributed by atoms with E-state index < -0.39 is 0 Å². The van der Waals surface area contributed by atoms with Crippen molar-refractivity contribution in [2.24, 2.45) is 12.8 Å². The van der Waals surface area contributed by atoms with Gasteiger partial charge in [-0.3, -0.25) is 4.68 Å². The Hall–Kier alpha value is -1.81. The third-order valence-electron chi connectivity index (χ3n) is 3.59. The van der Waals surface area contributed by atoms with Crippen LogP contribution in [-0.4, -0.2) is 15.8 Å². The van der Waals surface area contributed by atoms with Crippen LogP contribution in [0.3, 0.4) is 0 Å². The van der Waals surface area contributed by atoms with E-state index in [9.17, 15) is 0 Å². The van der Waals surface area contributed by atoms with Crippen LogP contribution in [-0.2, 0) is 26.5 Å². The maximum atomic E-state index is 5.83. The predicted octanol–water partition coefficient (Wildman–Crippen LogP) is 2.84. The monoisotopic (exact) mass is 287 g/mol. The van der Waals surface area contributed by atoms with Crippen molar-refractivity contribution in [1.29, 1.82) is 0 Å². The molecule has 4 nitrogen and oxygen atoms in total. The molecule has 0 fully saturated rings. The highest BCUT2D eigenvalue weighted by Gasteiger charge is 2.05. The van der Waals surface area contributed by atoms with Crippen LogP contribution in [0.25, 0.3) is 0 Å². The Kier molecular flexibility index (Phi) is 5.39. The molecule has 2 N–H and O–H groups in total. The van der Waals surface area contributed by atoms with Crippen molar-refractivity contribution in [2.75, 3.05) is 0 Å². The van der Waals surface area contributed by atoms with Crippen LogP contribution in [0.15, 0.2) is 30.3 Å². The van der Waals surface area contributed by atoms with Crippen LogP contribution in [0.2, 0.25) is 0 Å². The molecular formula is C17H25N3O. The topological polar surface area (TPSA) is 53.1 Å². The largest absolute Gasteiger partial charge is 0.487 e. The zero-order valence-electron chi connectivity index (χ0n) is 13.2. The number of benzene rings is 1. The molecule has 4 heteroatoms. The molecule has 0 radical (unpaired) electrons. The average Bonchev–Trinajstić information content (AvgIpc) is 2.84. The van der Waals surface area contributed by atoms with E-state index in [0.717, 1.165) is 36.4 Å². The number of nitrogens with two attached hydrogens (primary N) is 1. The first kappa shape index (κ1) is 15.6. The number of hydrogen-bond acceptors (Lipinski definition) is 3. The van der Waals surface area contributed by atoms with Crippen molar-refractivity contribution in [3.05, 3.63) is 47.3 Å². The lowest BCUT2D eigenvalue weighted by atomic mass is 10.1.